The van der Waals surface area contributed by atoms with Crippen molar-refractivity contribution < 1.29 is 4.79 Å². The van der Waals surface area contributed by atoms with Crippen LogP contribution in [0.1, 0.15) is 71.1 Å². The van der Waals surface area contributed by atoms with Crippen LogP contribution in [0.3, 0.4) is 0 Å². The van der Waals surface area contributed by atoms with Gasteiger partial charge >= 0.3 is 0 Å². The summed E-state index contributed by atoms with van der Waals surface area (Å²) in [7, 11) is 0. The second kappa shape index (κ2) is 5.95. The molecule has 0 spiro atoms. The van der Waals surface area contributed by atoms with Crippen molar-refractivity contribution >= 4 is 5.78 Å². The monoisotopic (exact) mass is 263 g/mol. The summed E-state index contributed by atoms with van der Waals surface area (Å²) in [6, 6.07) is 1.40. The SMILES string of the molecule is CCC1CCCC(N2CCCC2C2CCCC2=O)C1. The van der Waals surface area contributed by atoms with Gasteiger partial charge in [0, 0.05) is 24.4 Å². The minimum absolute atomic E-state index is 0.393. The summed E-state index contributed by atoms with van der Waals surface area (Å²) in [5, 5.41) is 0. The maximum atomic E-state index is 12.1. The van der Waals surface area contributed by atoms with Gasteiger partial charge in [-0.05, 0) is 51.0 Å². The topological polar surface area (TPSA) is 20.3 Å². The zero-order chi connectivity index (χ0) is 13.2. The van der Waals surface area contributed by atoms with E-state index >= 15 is 0 Å². The van der Waals surface area contributed by atoms with E-state index in [9.17, 15) is 4.79 Å². The molecule has 1 heterocycles. The fourth-order valence-electron chi connectivity index (χ4n) is 4.88. The highest BCUT2D eigenvalue weighted by Crippen LogP contribution is 2.38. The first-order valence-corrected chi connectivity index (χ1v) is 8.58. The maximum Gasteiger partial charge on any atom is 0.137 e. The third kappa shape index (κ3) is 2.74. The summed E-state index contributed by atoms with van der Waals surface area (Å²) in [6.07, 6.45) is 12.8. The number of hydrogen-bond donors (Lipinski definition) is 0. The van der Waals surface area contributed by atoms with Gasteiger partial charge in [0.25, 0.3) is 0 Å². The van der Waals surface area contributed by atoms with Crippen LogP contribution >= 0.6 is 0 Å². The molecule has 0 N–H and O–H groups in total. The van der Waals surface area contributed by atoms with E-state index in [1.807, 2.05) is 0 Å². The van der Waals surface area contributed by atoms with Crippen LogP contribution in [0.15, 0.2) is 0 Å². The van der Waals surface area contributed by atoms with Crippen LogP contribution in [0.2, 0.25) is 0 Å². The quantitative estimate of drug-likeness (QED) is 0.772. The van der Waals surface area contributed by atoms with Gasteiger partial charge in [0.05, 0.1) is 0 Å². The molecule has 3 aliphatic rings. The van der Waals surface area contributed by atoms with E-state index in [1.165, 1.54) is 57.9 Å². The highest BCUT2D eigenvalue weighted by Gasteiger charge is 2.41. The summed E-state index contributed by atoms with van der Waals surface area (Å²) in [5.41, 5.74) is 0. The first-order valence-electron chi connectivity index (χ1n) is 8.58. The lowest BCUT2D eigenvalue weighted by molar-refractivity contribution is -0.122. The molecule has 0 amide bonds. The normalized spacial score (nSPS) is 41.0. The Labute approximate surface area is 117 Å². The number of carbonyl (C=O) groups is 1. The van der Waals surface area contributed by atoms with E-state index in [1.54, 1.807) is 0 Å². The van der Waals surface area contributed by atoms with Crippen LogP contribution in [0.5, 0.6) is 0 Å². The van der Waals surface area contributed by atoms with Gasteiger partial charge in [-0.2, -0.15) is 0 Å². The molecule has 108 valence electrons. The fourth-order valence-corrected chi connectivity index (χ4v) is 4.88. The zero-order valence-corrected chi connectivity index (χ0v) is 12.4. The summed E-state index contributed by atoms with van der Waals surface area (Å²) in [4.78, 5) is 14.8. The fraction of sp³-hybridized carbons (Fsp3) is 0.941. The van der Waals surface area contributed by atoms with Crippen LogP contribution < -0.4 is 0 Å². The molecule has 1 saturated heterocycles. The van der Waals surface area contributed by atoms with Crippen molar-refractivity contribution in [2.45, 2.75) is 83.2 Å². The number of rotatable bonds is 3. The van der Waals surface area contributed by atoms with Crippen LogP contribution in [0.25, 0.3) is 0 Å². The van der Waals surface area contributed by atoms with E-state index in [0.717, 1.165) is 24.8 Å². The third-order valence-corrected chi connectivity index (χ3v) is 5.96. The molecule has 2 heteroatoms. The van der Waals surface area contributed by atoms with Crippen molar-refractivity contribution in [3.05, 3.63) is 0 Å². The summed E-state index contributed by atoms with van der Waals surface area (Å²) < 4.78 is 0. The highest BCUT2D eigenvalue weighted by molar-refractivity contribution is 5.83. The molecule has 0 aromatic rings. The molecule has 19 heavy (non-hydrogen) atoms. The number of hydrogen-bond acceptors (Lipinski definition) is 2. The molecule has 0 radical (unpaired) electrons. The Morgan fingerprint density at radius 1 is 1.11 bits per heavy atom. The summed E-state index contributed by atoms with van der Waals surface area (Å²) in [6.45, 7) is 3.60. The smallest absolute Gasteiger partial charge is 0.137 e. The van der Waals surface area contributed by atoms with Crippen molar-refractivity contribution in [1.82, 2.24) is 4.90 Å². The first-order chi connectivity index (χ1) is 9.29. The summed E-state index contributed by atoms with van der Waals surface area (Å²) >= 11 is 0. The van der Waals surface area contributed by atoms with E-state index in [0.29, 0.717) is 17.7 Å². The zero-order valence-electron chi connectivity index (χ0n) is 12.4. The van der Waals surface area contributed by atoms with E-state index in [4.69, 9.17) is 0 Å². The number of carbonyl (C=O) groups excluding carboxylic acids is 1. The average molecular weight is 263 g/mol. The minimum atomic E-state index is 0.393. The van der Waals surface area contributed by atoms with Gasteiger partial charge in [0.2, 0.25) is 0 Å². The Morgan fingerprint density at radius 3 is 2.74 bits per heavy atom. The predicted octanol–water partition coefficient (Wildman–Crippen LogP) is 3.79. The summed E-state index contributed by atoms with van der Waals surface area (Å²) in [5.74, 6) is 1.91. The minimum Gasteiger partial charge on any atom is -0.299 e. The van der Waals surface area contributed by atoms with E-state index in [2.05, 4.69) is 11.8 Å². The van der Waals surface area contributed by atoms with Gasteiger partial charge in [-0.1, -0.05) is 26.2 Å². The third-order valence-electron chi connectivity index (χ3n) is 5.96. The number of ketones is 1. The second-order valence-corrected chi connectivity index (χ2v) is 7.01. The van der Waals surface area contributed by atoms with E-state index in [-0.39, 0.29) is 0 Å². The molecule has 0 aromatic heterocycles. The van der Waals surface area contributed by atoms with Crippen LogP contribution in [0, 0.1) is 11.8 Å². The molecule has 2 saturated carbocycles. The van der Waals surface area contributed by atoms with Gasteiger partial charge in [-0.15, -0.1) is 0 Å². The second-order valence-electron chi connectivity index (χ2n) is 7.01. The Balaban J connectivity index is 1.67. The van der Waals surface area contributed by atoms with Crippen LogP contribution in [-0.2, 0) is 4.79 Å². The molecule has 2 nitrogen and oxygen atoms in total. The van der Waals surface area contributed by atoms with Crippen molar-refractivity contribution in [2.24, 2.45) is 11.8 Å². The standard InChI is InChI=1S/C17H29NO/c1-2-13-6-3-7-14(12-13)18-11-5-9-16(18)15-8-4-10-17(15)19/h13-16H,2-12H2,1H3. The van der Waals surface area contributed by atoms with Gasteiger partial charge in [0.15, 0.2) is 0 Å². The van der Waals surface area contributed by atoms with Crippen LogP contribution in [0.4, 0.5) is 0 Å². The Hall–Kier alpha value is -0.370. The van der Waals surface area contributed by atoms with Gasteiger partial charge in [-0.3, -0.25) is 9.69 Å². The molecule has 1 aliphatic heterocycles. The Morgan fingerprint density at radius 2 is 2.00 bits per heavy atom. The molecule has 2 aliphatic carbocycles. The van der Waals surface area contributed by atoms with Crippen molar-refractivity contribution in [3.8, 4) is 0 Å². The molecule has 4 atom stereocenters. The van der Waals surface area contributed by atoms with Crippen molar-refractivity contribution in [1.29, 1.82) is 0 Å². The van der Waals surface area contributed by atoms with Crippen molar-refractivity contribution in [2.75, 3.05) is 6.54 Å². The Kier molecular flexibility index (Phi) is 4.26. The van der Waals surface area contributed by atoms with Crippen LogP contribution in [-0.4, -0.2) is 29.3 Å². The maximum absolute atomic E-state index is 12.1. The first kappa shape index (κ1) is 13.6. The predicted molar refractivity (Wildman–Crippen MR) is 78.1 cm³/mol. The van der Waals surface area contributed by atoms with E-state index < -0.39 is 0 Å². The average Bonchev–Trinajstić information content (AvgIpc) is 3.06. The molecule has 3 rings (SSSR count). The molecular formula is C17H29NO. The lowest BCUT2D eigenvalue weighted by Crippen LogP contribution is -2.45. The number of Topliss-reactive ketones (excluding diaryl/α,β-unsaturated/α-hetero) is 1. The lowest BCUT2D eigenvalue weighted by Gasteiger charge is -2.40. The molecular weight excluding hydrogens is 234 g/mol. The molecule has 3 fully saturated rings. The molecule has 0 aromatic carbocycles. The number of likely N-dealkylation sites (tertiary alicyclic amines) is 1. The van der Waals surface area contributed by atoms with Gasteiger partial charge < -0.3 is 0 Å². The highest BCUT2D eigenvalue weighted by atomic mass is 16.1. The van der Waals surface area contributed by atoms with Gasteiger partial charge in [0.1, 0.15) is 5.78 Å². The number of nitrogens with zero attached hydrogens (tertiary/aromatic N) is 1. The molecule has 0 bridgehead atoms. The molecule has 4 unspecified atom stereocenters. The largest absolute Gasteiger partial charge is 0.299 e. The van der Waals surface area contributed by atoms with Gasteiger partial charge in [-0.25, -0.2) is 0 Å². The Bertz CT molecular complexity index is 327. The van der Waals surface area contributed by atoms with Crippen molar-refractivity contribution in [3.63, 3.8) is 0 Å². The lowest BCUT2D eigenvalue weighted by atomic mass is 9.82.